The van der Waals surface area contributed by atoms with Gasteiger partial charge in [0.25, 0.3) is 0 Å². The van der Waals surface area contributed by atoms with Crippen LogP contribution in [0.25, 0.3) is 0 Å². The molecule has 0 bridgehead atoms. The minimum absolute atomic E-state index is 0.0141. The number of ether oxygens (including phenoxy) is 1. The minimum atomic E-state index is -2.70. The predicted octanol–water partition coefficient (Wildman–Crippen LogP) is -6.46. The molecule has 28 heteroatoms. The number of hydroxylamine groups is 4. The van der Waals surface area contributed by atoms with Gasteiger partial charge >= 0.3 is 18.0 Å². The number of urea groups is 1. The number of amides is 9. The summed E-state index contributed by atoms with van der Waals surface area (Å²) in [7, 11) is 0. The number of carbonyl (C=O) groups is 10. The molecular weight excluding hydrogens is 858 g/mol. The summed E-state index contributed by atoms with van der Waals surface area (Å²) in [5.41, 5.74) is 10.8. The second-order valence-corrected chi connectivity index (χ2v) is 14.9. The van der Waals surface area contributed by atoms with Crippen LogP contribution in [-0.2, 0) is 47.9 Å². The summed E-state index contributed by atoms with van der Waals surface area (Å²) in [5, 5.41) is 78.8. The Labute approximate surface area is 367 Å². The van der Waals surface area contributed by atoms with Crippen molar-refractivity contribution in [2.45, 2.75) is 127 Å². The molecule has 0 radical (unpaired) electrons. The molecule has 0 spiro atoms. The molecule has 9 amide bonds. The quantitative estimate of drug-likeness (QED) is 0.0167. The van der Waals surface area contributed by atoms with Gasteiger partial charge in [0.05, 0.1) is 24.6 Å². The fourth-order valence-electron chi connectivity index (χ4n) is 6.36. The zero-order valence-electron chi connectivity index (χ0n) is 35.8. The Kier molecular flexibility index (Phi) is 25.3. The molecule has 28 nitrogen and oxygen atoms in total. The Morgan fingerprint density at radius 2 is 1.48 bits per heavy atom. The van der Waals surface area contributed by atoms with Crippen molar-refractivity contribution in [1.82, 2.24) is 47.3 Å². The van der Waals surface area contributed by atoms with Crippen molar-refractivity contribution < 1.29 is 83.5 Å². The zero-order chi connectivity index (χ0) is 48.7. The van der Waals surface area contributed by atoms with Crippen LogP contribution in [0.2, 0.25) is 0 Å². The molecule has 1 aliphatic rings. The second kappa shape index (κ2) is 28.8. The number of nitrogens with two attached hydrogens (primary N) is 2. The van der Waals surface area contributed by atoms with Crippen LogP contribution in [0.15, 0.2) is 0 Å². The highest BCUT2D eigenvalue weighted by Crippen LogP contribution is 2.20. The summed E-state index contributed by atoms with van der Waals surface area (Å²) in [5.74, 6) is -11.4. The number of hydrogen-bond donors (Lipinski definition) is 15. The molecule has 0 saturated carbocycles. The number of carboxylic acids is 1. The normalized spacial score (nSPS) is 24.9. The van der Waals surface area contributed by atoms with Crippen LogP contribution in [0.5, 0.6) is 0 Å². The summed E-state index contributed by atoms with van der Waals surface area (Å²) in [6, 6.07) is -11.1. The number of nitrogens with zero attached hydrogens (tertiary/aromatic N) is 2. The number of carboxylic acid groups (broad SMARTS) is 1. The number of cyclic esters (lactones) is 1. The van der Waals surface area contributed by atoms with Gasteiger partial charge in [0.1, 0.15) is 36.5 Å². The van der Waals surface area contributed by atoms with E-state index in [0.29, 0.717) is 5.06 Å². The number of rotatable bonds is 21. The lowest BCUT2D eigenvalue weighted by atomic mass is 9.92. The van der Waals surface area contributed by atoms with Crippen molar-refractivity contribution >= 4 is 59.8 Å². The Morgan fingerprint density at radius 3 is 2.05 bits per heavy atom. The molecule has 0 aromatic rings. The van der Waals surface area contributed by atoms with Crippen molar-refractivity contribution in [3.05, 3.63) is 0 Å². The number of primary amides is 1. The van der Waals surface area contributed by atoms with Crippen LogP contribution in [0.3, 0.4) is 0 Å². The van der Waals surface area contributed by atoms with E-state index >= 15 is 0 Å². The van der Waals surface area contributed by atoms with E-state index in [9.17, 15) is 78.8 Å². The number of aliphatic carboxylic acids is 1. The van der Waals surface area contributed by atoms with E-state index in [1.54, 1.807) is 0 Å². The topological polar surface area (TPSA) is 444 Å². The van der Waals surface area contributed by atoms with Gasteiger partial charge in [0.2, 0.25) is 41.9 Å². The molecule has 10 unspecified atom stereocenters. The van der Waals surface area contributed by atoms with Gasteiger partial charge in [-0.2, -0.15) is 0 Å². The first-order valence-corrected chi connectivity index (χ1v) is 20.3. The van der Waals surface area contributed by atoms with Crippen LogP contribution in [-0.4, -0.2) is 188 Å². The molecule has 0 aliphatic carbocycles. The third-order valence-corrected chi connectivity index (χ3v) is 9.84. The number of hydrogen-bond acceptors (Lipinski definition) is 18. The molecule has 364 valence electrons. The third kappa shape index (κ3) is 19.7. The highest BCUT2D eigenvalue weighted by atomic mass is 16.5. The first kappa shape index (κ1) is 56.2. The van der Waals surface area contributed by atoms with Gasteiger partial charge in [-0.15, -0.1) is 0 Å². The van der Waals surface area contributed by atoms with Crippen LogP contribution >= 0.6 is 0 Å². The number of esters is 1. The van der Waals surface area contributed by atoms with Gasteiger partial charge in [-0.1, -0.05) is 0 Å². The lowest BCUT2D eigenvalue weighted by molar-refractivity contribution is -0.163. The Balaban J connectivity index is 4.09. The fraction of sp³-hybridized carbons (Fsp3) is 0.722. The predicted molar refractivity (Wildman–Crippen MR) is 215 cm³/mol. The van der Waals surface area contributed by atoms with E-state index in [-0.39, 0.29) is 89.0 Å². The maximum absolute atomic E-state index is 14.3. The SMILES string of the molecule is CC(=O)NC(CCCN(O)C=O)C1OC(=O)C(CCCN(O)C(C)=O)NC(O)C(CCCNC(N)=O)NC(=O)C(CCCN)NC(=O)C(CO)NC(=O)C(C(O)C(=O)O)NC(=O)C1C. The van der Waals surface area contributed by atoms with Crippen LogP contribution < -0.4 is 48.7 Å². The number of nitrogens with one attached hydrogen (secondary N) is 7. The van der Waals surface area contributed by atoms with E-state index in [0.717, 1.165) is 20.8 Å². The first-order chi connectivity index (χ1) is 30.1. The number of carbonyl (C=O) groups excluding carboxylic acids is 9. The molecule has 0 aromatic heterocycles. The standard InChI is InChI=1S/C36H63N11O17/c1-18-28(21(40-19(2)50)10-6-14-46(62)17-49)64-35(60)24(11-7-15-47(63)20(3)51)43-31(55)23(9-5-13-39-36(38)61)41-30(54)22(8-4-12-37)42-32(56)25(16-48)44-33(57)26(45-29(18)53)27(52)34(58)59/h17-18,21-28,31,43,48,52,55,62-63H,4-16,37H2,1-3H3,(H,40,50)(H,41,54)(H,42,56)(H,44,57)(H,45,53)(H,58,59)(H3,38,39,61). The largest absolute Gasteiger partial charge is 0.479 e. The van der Waals surface area contributed by atoms with E-state index in [1.165, 1.54) is 0 Å². The van der Waals surface area contributed by atoms with Gasteiger partial charge in [-0.25, -0.2) is 19.7 Å². The molecule has 1 aliphatic heterocycles. The highest BCUT2D eigenvalue weighted by molar-refractivity contribution is 5.97. The molecule has 1 rings (SSSR count). The average molecular weight is 922 g/mol. The third-order valence-electron chi connectivity index (χ3n) is 9.84. The van der Waals surface area contributed by atoms with Crippen molar-refractivity contribution in [1.29, 1.82) is 0 Å². The smallest absolute Gasteiger partial charge is 0.335 e. The van der Waals surface area contributed by atoms with Crippen LogP contribution in [0.1, 0.15) is 72.1 Å². The highest BCUT2D eigenvalue weighted by Gasteiger charge is 2.42. The van der Waals surface area contributed by atoms with Crippen molar-refractivity contribution in [2.24, 2.45) is 17.4 Å². The lowest BCUT2D eigenvalue weighted by Crippen LogP contribution is -2.62. The summed E-state index contributed by atoms with van der Waals surface area (Å²) < 4.78 is 5.87. The molecule has 17 N–H and O–H groups in total. The van der Waals surface area contributed by atoms with E-state index in [2.05, 4.69) is 26.6 Å². The summed E-state index contributed by atoms with van der Waals surface area (Å²) >= 11 is 0. The molecule has 1 saturated heterocycles. The fourth-order valence-corrected chi connectivity index (χ4v) is 6.36. The molecule has 0 aromatic carbocycles. The van der Waals surface area contributed by atoms with Gasteiger partial charge in [0.15, 0.2) is 6.10 Å². The minimum Gasteiger partial charge on any atom is -0.479 e. The molecule has 1 heterocycles. The monoisotopic (exact) mass is 921 g/mol. The van der Waals surface area contributed by atoms with Crippen molar-refractivity contribution in [3.8, 4) is 0 Å². The van der Waals surface area contributed by atoms with Crippen LogP contribution in [0, 0.1) is 5.92 Å². The Bertz CT molecular complexity index is 1610. The van der Waals surface area contributed by atoms with Crippen molar-refractivity contribution in [3.63, 3.8) is 0 Å². The maximum Gasteiger partial charge on any atom is 0.335 e. The molecule has 64 heavy (non-hydrogen) atoms. The summed E-state index contributed by atoms with van der Waals surface area (Å²) in [4.78, 5) is 128. The van der Waals surface area contributed by atoms with Gasteiger partial charge in [-0.3, -0.25) is 54.1 Å². The van der Waals surface area contributed by atoms with Gasteiger partial charge in [-0.05, 0) is 64.8 Å². The van der Waals surface area contributed by atoms with E-state index in [1.807, 2.05) is 10.6 Å². The zero-order valence-corrected chi connectivity index (χ0v) is 35.8. The number of aliphatic hydroxyl groups excluding tert-OH is 3. The second-order valence-electron chi connectivity index (χ2n) is 14.9. The first-order valence-electron chi connectivity index (χ1n) is 20.3. The lowest BCUT2D eigenvalue weighted by Gasteiger charge is -2.34. The maximum atomic E-state index is 14.3. The van der Waals surface area contributed by atoms with Gasteiger partial charge < -0.3 is 68.5 Å². The summed E-state index contributed by atoms with van der Waals surface area (Å²) in [6.07, 6.45) is -7.26. The summed E-state index contributed by atoms with van der Waals surface area (Å²) in [6.45, 7) is 1.36. The van der Waals surface area contributed by atoms with Crippen LogP contribution in [0.4, 0.5) is 4.79 Å². The molecule has 10 atom stereocenters. The number of aliphatic hydroxyl groups is 3. The van der Waals surface area contributed by atoms with Crippen molar-refractivity contribution in [2.75, 3.05) is 32.8 Å². The Morgan fingerprint density at radius 1 is 0.859 bits per heavy atom. The molecular formula is C36H63N11O17. The molecule has 1 fully saturated rings. The Hall–Kier alpha value is -5.78. The van der Waals surface area contributed by atoms with Gasteiger partial charge in [0, 0.05) is 33.5 Å². The van der Waals surface area contributed by atoms with E-state index < -0.39 is 121 Å². The van der Waals surface area contributed by atoms with E-state index in [4.69, 9.17) is 16.2 Å². The average Bonchev–Trinajstić information content (AvgIpc) is 3.23.